The molecule has 0 aliphatic rings. The number of nitrogens with one attached hydrogen (secondary N) is 1. The second-order valence-electron chi connectivity index (χ2n) is 7.12. The lowest BCUT2D eigenvalue weighted by atomic mass is 10.1. The summed E-state index contributed by atoms with van der Waals surface area (Å²) in [5, 5.41) is 4.57. The third kappa shape index (κ3) is 5.41. The average molecular weight is 446 g/mol. The lowest BCUT2D eigenvalue weighted by molar-refractivity contribution is 0.0943. The summed E-state index contributed by atoms with van der Waals surface area (Å²) in [6, 6.07) is 12.6. The molecule has 0 aliphatic carbocycles. The molecule has 0 unspecified atom stereocenters. The smallest absolute Gasteiger partial charge is 0.262 e. The van der Waals surface area contributed by atoms with Crippen molar-refractivity contribution in [3.05, 3.63) is 69.0 Å². The van der Waals surface area contributed by atoms with Crippen molar-refractivity contribution in [1.29, 1.82) is 0 Å². The van der Waals surface area contributed by atoms with Crippen LogP contribution in [-0.2, 0) is 17.0 Å². The lowest BCUT2D eigenvalue weighted by Gasteiger charge is -2.14. The second kappa shape index (κ2) is 10.1. The van der Waals surface area contributed by atoms with E-state index in [2.05, 4.69) is 5.32 Å². The number of methoxy groups -OCH3 is 1. The van der Waals surface area contributed by atoms with Gasteiger partial charge < -0.3 is 10.1 Å². The minimum Gasteiger partial charge on any atom is -0.383 e. The predicted octanol–water partition coefficient (Wildman–Crippen LogP) is 4.13. The van der Waals surface area contributed by atoms with E-state index in [-0.39, 0.29) is 17.5 Å². The predicted molar refractivity (Wildman–Crippen MR) is 121 cm³/mol. The van der Waals surface area contributed by atoms with E-state index >= 15 is 0 Å². The first kappa shape index (κ1) is 22.3. The van der Waals surface area contributed by atoms with Crippen molar-refractivity contribution < 1.29 is 9.53 Å². The molecule has 3 rings (SSSR count). The SMILES string of the molecule is COCCn1c(SCc2cccc(Cl)c2)nc2cc(C(=O)NC(C)C)ccc2c1=O. The number of halogens is 1. The van der Waals surface area contributed by atoms with Crippen LogP contribution in [0.15, 0.2) is 52.4 Å². The highest BCUT2D eigenvalue weighted by atomic mass is 35.5. The van der Waals surface area contributed by atoms with Crippen LogP contribution in [0.4, 0.5) is 0 Å². The molecule has 0 bridgehead atoms. The number of ether oxygens (including phenoxy) is 1. The molecule has 6 nitrogen and oxygen atoms in total. The number of aromatic nitrogens is 2. The van der Waals surface area contributed by atoms with E-state index in [1.807, 2.05) is 38.1 Å². The molecule has 0 saturated heterocycles. The van der Waals surface area contributed by atoms with Gasteiger partial charge in [0.25, 0.3) is 11.5 Å². The quantitative estimate of drug-likeness (QED) is 0.417. The fourth-order valence-corrected chi connectivity index (χ4v) is 4.13. The number of fused-ring (bicyclic) bond motifs is 1. The molecular formula is C22H24ClN3O3S. The minimum absolute atomic E-state index is 0.0204. The van der Waals surface area contributed by atoms with E-state index in [1.54, 1.807) is 29.9 Å². The maximum absolute atomic E-state index is 13.1. The van der Waals surface area contributed by atoms with Gasteiger partial charge in [0.2, 0.25) is 0 Å². The van der Waals surface area contributed by atoms with E-state index in [0.717, 1.165) is 5.56 Å². The Bertz CT molecular complexity index is 1110. The van der Waals surface area contributed by atoms with Gasteiger partial charge in [-0.05, 0) is 49.7 Å². The number of rotatable bonds is 8. The van der Waals surface area contributed by atoms with Crippen LogP contribution in [0.3, 0.4) is 0 Å². The van der Waals surface area contributed by atoms with Crippen LogP contribution in [0.25, 0.3) is 10.9 Å². The van der Waals surface area contributed by atoms with E-state index in [4.69, 9.17) is 21.3 Å². The number of carbonyl (C=O) groups excluding carboxylic acids is 1. The number of hydrogen-bond acceptors (Lipinski definition) is 5. The van der Waals surface area contributed by atoms with E-state index in [9.17, 15) is 9.59 Å². The van der Waals surface area contributed by atoms with Crippen molar-refractivity contribution >= 4 is 40.2 Å². The van der Waals surface area contributed by atoms with Crippen molar-refractivity contribution in [2.24, 2.45) is 0 Å². The molecule has 30 heavy (non-hydrogen) atoms. The molecule has 1 heterocycles. The van der Waals surface area contributed by atoms with Crippen LogP contribution in [-0.4, -0.2) is 35.2 Å². The fourth-order valence-electron chi connectivity index (χ4n) is 2.95. The normalized spacial score (nSPS) is 11.2. The van der Waals surface area contributed by atoms with Gasteiger partial charge in [0.05, 0.1) is 24.1 Å². The summed E-state index contributed by atoms with van der Waals surface area (Å²) in [6.45, 7) is 4.59. The summed E-state index contributed by atoms with van der Waals surface area (Å²) < 4.78 is 6.79. The molecule has 0 radical (unpaired) electrons. The van der Waals surface area contributed by atoms with Crippen LogP contribution in [0.2, 0.25) is 5.02 Å². The standard InChI is InChI=1S/C22H24ClN3O3S/c1-14(2)24-20(27)16-7-8-18-19(12-16)25-22(26(21(18)28)9-10-29-3)30-13-15-5-4-6-17(23)11-15/h4-8,11-12,14H,9-10,13H2,1-3H3,(H,24,27). The van der Waals surface area contributed by atoms with Crippen molar-refractivity contribution in [1.82, 2.24) is 14.9 Å². The molecule has 0 aliphatic heterocycles. The molecule has 158 valence electrons. The third-order valence-electron chi connectivity index (χ3n) is 4.38. The molecule has 8 heteroatoms. The van der Waals surface area contributed by atoms with Crippen molar-refractivity contribution in [2.45, 2.75) is 37.3 Å². The summed E-state index contributed by atoms with van der Waals surface area (Å²) in [5.74, 6) is 0.421. The van der Waals surface area contributed by atoms with E-state index < -0.39 is 0 Å². The van der Waals surface area contributed by atoms with Gasteiger partial charge in [-0.2, -0.15) is 0 Å². The summed E-state index contributed by atoms with van der Waals surface area (Å²) >= 11 is 7.53. The van der Waals surface area contributed by atoms with Gasteiger partial charge in [-0.25, -0.2) is 4.98 Å². The van der Waals surface area contributed by atoms with Gasteiger partial charge >= 0.3 is 0 Å². The fraction of sp³-hybridized carbons (Fsp3) is 0.318. The number of amides is 1. The molecule has 1 N–H and O–H groups in total. The zero-order valence-corrected chi connectivity index (χ0v) is 18.7. The molecule has 1 amide bonds. The first-order chi connectivity index (χ1) is 14.4. The van der Waals surface area contributed by atoms with Crippen molar-refractivity contribution in [3.63, 3.8) is 0 Å². The first-order valence-electron chi connectivity index (χ1n) is 9.60. The molecule has 1 aromatic heterocycles. The summed E-state index contributed by atoms with van der Waals surface area (Å²) in [5.41, 5.74) is 1.86. The first-order valence-corrected chi connectivity index (χ1v) is 11.0. The average Bonchev–Trinajstić information content (AvgIpc) is 2.71. The second-order valence-corrected chi connectivity index (χ2v) is 8.50. The van der Waals surface area contributed by atoms with Crippen LogP contribution in [0.5, 0.6) is 0 Å². The third-order valence-corrected chi connectivity index (χ3v) is 5.66. The van der Waals surface area contributed by atoms with Crippen LogP contribution in [0.1, 0.15) is 29.8 Å². The summed E-state index contributed by atoms with van der Waals surface area (Å²) in [4.78, 5) is 30.2. The van der Waals surface area contributed by atoms with Crippen LogP contribution < -0.4 is 10.9 Å². The Hall–Kier alpha value is -2.35. The van der Waals surface area contributed by atoms with Gasteiger partial charge in [0.15, 0.2) is 5.16 Å². The largest absolute Gasteiger partial charge is 0.383 e. The van der Waals surface area contributed by atoms with Gasteiger partial charge in [-0.15, -0.1) is 0 Å². The Labute approximate surface area is 184 Å². The van der Waals surface area contributed by atoms with Gasteiger partial charge in [0, 0.05) is 29.5 Å². The molecule has 3 aromatic rings. The molecule has 0 atom stereocenters. The van der Waals surface area contributed by atoms with E-state index in [0.29, 0.717) is 45.5 Å². The maximum Gasteiger partial charge on any atom is 0.262 e. The van der Waals surface area contributed by atoms with Crippen molar-refractivity contribution in [2.75, 3.05) is 13.7 Å². The van der Waals surface area contributed by atoms with Gasteiger partial charge in [-0.1, -0.05) is 35.5 Å². The molecule has 0 saturated carbocycles. The molecule has 2 aromatic carbocycles. The highest BCUT2D eigenvalue weighted by Crippen LogP contribution is 2.24. The molecular weight excluding hydrogens is 422 g/mol. The molecule has 0 spiro atoms. The Balaban J connectivity index is 2.00. The summed E-state index contributed by atoms with van der Waals surface area (Å²) in [7, 11) is 1.60. The monoisotopic (exact) mass is 445 g/mol. The Morgan fingerprint density at radius 2 is 2.07 bits per heavy atom. The minimum atomic E-state index is -0.189. The number of nitrogens with zero attached hydrogens (tertiary/aromatic N) is 2. The number of carbonyl (C=O) groups is 1. The zero-order chi connectivity index (χ0) is 21.7. The zero-order valence-electron chi connectivity index (χ0n) is 17.1. The summed E-state index contributed by atoms with van der Waals surface area (Å²) in [6.07, 6.45) is 0. The Morgan fingerprint density at radius 1 is 1.27 bits per heavy atom. The highest BCUT2D eigenvalue weighted by Gasteiger charge is 2.15. The lowest BCUT2D eigenvalue weighted by Crippen LogP contribution is -2.30. The number of hydrogen-bond donors (Lipinski definition) is 1. The topological polar surface area (TPSA) is 73.2 Å². The molecule has 0 fully saturated rings. The van der Waals surface area contributed by atoms with Crippen LogP contribution in [0, 0.1) is 0 Å². The maximum atomic E-state index is 13.1. The Kier molecular flexibility index (Phi) is 7.53. The van der Waals surface area contributed by atoms with Crippen molar-refractivity contribution in [3.8, 4) is 0 Å². The van der Waals surface area contributed by atoms with Gasteiger partial charge in [0.1, 0.15) is 0 Å². The van der Waals surface area contributed by atoms with E-state index in [1.165, 1.54) is 11.8 Å². The van der Waals surface area contributed by atoms with Crippen LogP contribution >= 0.6 is 23.4 Å². The number of benzene rings is 2. The van der Waals surface area contributed by atoms with Gasteiger partial charge in [-0.3, -0.25) is 14.2 Å². The Morgan fingerprint density at radius 3 is 2.77 bits per heavy atom. The number of thioether (sulfide) groups is 1. The highest BCUT2D eigenvalue weighted by molar-refractivity contribution is 7.98.